The normalized spacial score (nSPS) is 15.8. The van der Waals surface area contributed by atoms with E-state index in [4.69, 9.17) is 12.2 Å². The zero-order chi connectivity index (χ0) is 17.6. The highest BCUT2D eigenvalue weighted by Gasteiger charge is 2.23. The number of likely N-dealkylation sites (tertiary alicyclic amines) is 1. The van der Waals surface area contributed by atoms with Crippen molar-refractivity contribution in [3.63, 3.8) is 0 Å². The minimum absolute atomic E-state index is 0.230. The van der Waals surface area contributed by atoms with Crippen molar-refractivity contribution in [3.05, 3.63) is 65.5 Å². The summed E-state index contributed by atoms with van der Waals surface area (Å²) >= 11 is 5.39. The number of thiocarbonyl (C=S) groups is 1. The molecule has 0 spiro atoms. The second-order valence-electron chi connectivity index (χ2n) is 6.47. The lowest BCUT2D eigenvalue weighted by Crippen LogP contribution is -2.38. The molecule has 2 aromatic rings. The molecule has 1 saturated heterocycles. The van der Waals surface area contributed by atoms with Crippen molar-refractivity contribution in [2.75, 3.05) is 25.0 Å². The Morgan fingerprint density at radius 2 is 1.88 bits per heavy atom. The molecule has 0 unspecified atom stereocenters. The maximum Gasteiger partial charge on any atom is 0.170 e. The van der Waals surface area contributed by atoms with Gasteiger partial charge in [0.1, 0.15) is 5.82 Å². The van der Waals surface area contributed by atoms with Gasteiger partial charge in [0, 0.05) is 12.2 Å². The molecule has 0 bridgehead atoms. The molecule has 132 valence electrons. The van der Waals surface area contributed by atoms with E-state index in [2.05, 4.69) is 39.8 Å². The average molecular weight is 357 g/mol. The summed E-state index contributed by atoms with van der Waals surface area (Å²) in [5, 5.41) is 6.88. The summed E-state index contributed by atoms with van der Waals surface area (Å²) in [6, 6.07) is 15.9. The van der Waals surface area contributed by atoms with Crippen LogP contribution >= 0.6 is 12.2 Å². The van der Waals surface area contributed by atoms with Crippen LogP contribution in [0.4, 0.5) is 10.1 Å². The van der Waals surface area contributed by atoms with Crippen LogP contribution in [0.2, 0.25) is 0 Å². The first kappa shape index (κ1) is 17.8. The van der Waals surface area contributed by atoms with Crippen LogP contribution in [0.15, 0.2) is 48.5 Å². The number of hydrogen-bond donors (Lipinski definition) is 2. The van der Waals surface area contributed by atoms with E-state index in [-0.39, 0.29) is 5.82 Å². The molecule has 3 rings (SSSR count). The topological polar surface area (TPSA) is 27.3 Å². The number of hydrogen-bond acceptors (Lipinski definition) is 2. The molecule has 0 aromatic heterocycles. The summed E-state index contributed by atoms with van der Waals surface area (Å²) in [6.45, 7) is 4.70. The molecule has 2 aromatic carbocycles. The fourth-order valence-electron chi connectivity index (χ4n) is 3.22. The van der Waals surface area contributed by atoms with E-state index < -0.39 is 0 Å². The predicted octanol–water partition coefficient (Wildman–Crippen LogP) is 4.26. The smallest absolute Gasteiger partial charge is 0.170 e. The summed E-state index contributed by atoms with van der Waals surface area (Å²) in [5.74, 6) is -0.230. The first-order valence-electron chi connectivity index (χ1n) is 8.73. The van der Waals surface area contributed by atoms with Crippen LogP contribution in [0.5, 0.6) is 0 Å². The van der Waals surface area contributed by atoms with Gasteiger partial charge in [-0.25, -0.2) is 4.39 Å². The molecule has 2 N–H and O–H groups in total. The Hall–Kier alpha value is -1.98. The van der Waals surface area contributed by atoms with Gasteiger partial charge in [0.15, 0.2) is 5.11 Å². The van der Waals surface area contributed by atoms with E-state index in [9.17, 15) is 4.39 Å². The lowest BCUT2D eigenvalue weighted by atomic mass is 10.1. The molecule has 1 fully saturated rings. The second-order valence-corrected chi connectivity index (χ2v) is 6.88. The number of nitrogens with one attached hydrogen (secondary N) is 2. The maximum atomic E-state index is 13.7. The van der Waals surface area contributed by atoms with Crippen LogP contribution in [0.1, 0.15) is 30.0 Å². The van der Waals surface area contributed by atoms with E-state index in [0.29, 0.717) is 22.4 Å². The Labute approximate surface area is 154 Å². The van der Waals surface area contributed by atoms with E-state index in [1.807, 2.05) is 12.1 Å². The fraction of sp³-hybridized carbons (Fsp3) is 0.350. The van der Waals surface area contributed by atoms with Crippen LogP contribution < -0.4 is 10.6 Å². The van der Waals surface area contributed by atoms with Crippen molar-refractivity contribution >= 4 is 23.0 Å². The lowest BCUT2D eigenvalue weighted by Gasteiger charge is -2.28. The number of rotatable bonds is 5. The van der Waals surface area contributed by atoms with Crippen LogP contribution in [0.25, 0.3) is 0 Å². The highest BCUT2D eigenvalue weighted by molar-refractivity contribution is 7.80. The Bertz CT molecular complexity index is 714. The van der Waals surface area contributed by atoms with Gasteiger partial charge in [-0.05, 0) is 68.3 Å². The summed E-state index contributed by atoms with van der Waals surface area (Å²) in [7, 11) is 0. The average Bonchev–Trinajstić information content (AvgIpc) is 3.14. The summed E-state index contributed by atoms with van der Waals surface area (Å²) in [4.78, 5) is 2.50. The first-order valence-corrected chi connectivity index (χ1v) is 9.14. The lowest BCUT2D eigenvalue weighted by molar-refractivity contribution is 0.246. The zero-order valence-corrected chi connectivity index (χ0v) is 15.3. The molecule has 1 heterocycles. The van der Waals surface area contributed by atoms with Crippen LogP contribution in [0, 0.1) is 12.7 Å². The number of aryl methyl sites for hydroxylation is 1. The summed E-state index contributed by atoms with van der Waals surface area (Å²) < 4.78 is 13.7. The van der Waals surface area contributed by atoms with Crippen LogP contribution in [-0.4, -0.2) is 29.6 Å². The van der Waals surface area contributed by atoms with Crippen molar-refractivity contribution in [1.82, 2.24) is 10.2 Å². The van der Waals surface area contributed by atoms with Gasteiger partial charge in [-0.3, -0.25) is 4.90 Å². The fourth-order valence-corrected chi connectivity index (χ4v) is 3.42. The van der Waals surface area contributed by atoms with E-state index in [1.54, 1.807) is 13.0 Å². The van der Waals surface area contributed by atoms with Crippen molar-refractivity contribution in [3.8, 4) is 0 Å². The molecule has 1 aliphatic heterocycles. The monoisotopic (exact) mass is 357 g/mol. The van der Waals surface area contributed by atoms with Crippen LogP contribution in [0.3, 0.4) is 0 Å². The molecule has 1 aliphatic rings. The highest BCUT2D eigenvalue weighted by Crippen LogP contribution is 2.24. The molecule has 25 heavy (non-hydrogen) atoms. The standard InChI is InChI=1S/C20H24FN3S/c1-15-9-10-17(13-18(15)21)23-20(25)22-14-19(24-11-5-6-12-24)16-7-3-2-4-8-16/h2-4,7-10,13,19H,5-6,11-12,14H2,1H3,(H2,22,23,25)/t19-/m0/s1. The van der Waals surface area contributed by atoms with Gasteiger partial charge in [0.05, 0.1) is 6.04 Å². The quantitative estimate of drug-likeness (QED) is 0.782. The summed E-state index contributed by atoms with van der Waals surface area (Å²) in [5.41, 5.74) is 2.58. The molecule has 3 nitrogen and oxygen atoms in total. The predicted molar refractivity (Wildman–Crippen MR) is 105 cm³/mol. The summed E-state index contributed by atoms with van der Waals surface area (Å²) in [6.07, 6.45) is 2.49. The molecule has 5 heteroatoms. The molecular weight excluding hydrogens is 333 g/mol. The van der Waals surface area contributed by atoms with Gasteiger partial charge in [-0.1, -0.05) is 36.4 Å². The third-order valence-corrected chi connectivity index (χ3v) is 4.90. The van der Waals surface area contributed by atoms with Crippen molar-refractivity contribution < 1.29 is 4.39 Å². The molecular formula is C20H24FN3S. The van der Waals surface area contributed by atoms with Gasteiger partial charge in [-0.2, -0.15) is 0 Å². The second kappa shape index (κ2) is 8.41. The van der Waals surface area contributed by atoms with Crippen molar-refractivity contribution in [2.24, 2.45) is 0 Å². The minimum Gasteiger partial charge on any atom is -0.361 e. The molecule has 0 radical (unpaired) electrons. The van der Waals surface area contributed by atoms with Gasteiger partial charge < -0.3 is 10.6 Å². The van der Waals surface area contributed by atoms with E-state index in [1.165, 1.54) is 24.5 Å². The number of benzene rings is 2. The Balaban J connectivity index is 1.62. The van der Waals surface area contributed by atoms with Gasteiger partial charge in [0.2, 0.25) is 0 Å². The zero-order valence-electron chi connectivity index (χ0n) is 14.5. The maximum absolute atomic E-state index is 13.7. The first-order chi connectivity index (χ1) is 12.1. The number of nitrogens with zero attached hydrogens (tertiary/aromatic N) is 1. The molecule has 0 saturated carbocycles. The minimum atomic E-state index is -0.230. The third-order valence-electron chi connectivity index (χ3n) is 4.65. The highest BCUT2D eigenvalue weighted by atomic mass is 32.1. The van der Waals surface area contributed by atoms with Gasteiger partial charge >= 0.3 is 0 Å². The van der Waals surface area contributed by atoms with E-state index >= 15 is 0 Å². The number of halogens is 1. The largest absolute Gasteiger partial charge is 0.361 e. The Kier molecular flexibility index (Phi) is 6.00. The third kappa shape index (κ3) is 4.77. The van der Waals surface area contributed by atoms with E-state index in [0.717, 1.165) is 19.6 Å². The number of anilines is 1. The van der Waals surface area contributed by atoms with Gasteiger partial charge in [0.25, 0.3) is 0 Å². The van der Waals surface area contributed by atoms with Crippen molar-refractivity contribution in [2.45, 2.75) is 25.8 Å². The van der Waals surface area contributed by atoms with Gasteiger partial charge in [-0.15, -0.1) is 0 Å². The van der Waals surface area contributed by atoms with Crippen LogP contribution in [-0.2, 0) is 0 Å². The molecule has 0 amide bonds. The SMILES string of the molecule is Cc1ccc(NC(=S)NC[C@@H](c2ccccc2)N2CCCC2)cc1F. The molecule has 1 atom stereocenters. The Morgan fingerprint density at radius 1 is 1.16 bits per heavy atom. The molecule has 0 aliphatic carbocycles. The Morgan fingerprint density at radius 3 is 2.56 bits per heavy atom. The van der Waals surface area contributed by atoms with Crippen molar-refractivity contribution in [1.29, 1.82) is 0 Å².